The molecule has 3 heterocycles. The number of nitrogens with two attached hydrogens (primary N) is 1. The molecule has 3 rings (SSSR count). The minimum Gasteiger partial charge on any atom is -0.463 e. The number of imidazole rings is 1. The van der Waals surface area contributed by atoms with Crippen LogP contribution in [0.4, 0.5) is 5.82 Å². The molecule has 8 nitrogen and oxygen atoms in total. The fraction of sp³-hybridized carbons (Fsp3) is 0.688. The van der Waals surface area contributed by atoms with E-state index in [1.54, 1.807) is 4.57 Å². The number of rotatable bonds is 7. The van der Waals surface area contributed by atoms with Gasteiger partial charge in [-0.25, -0.2) is 4.79 Å². The van der Waals surface area contributed by atoms with Crippen LogP contribution in [0.3, 0.4) is 0 Å². The third-order valence-electron chi connectivity index (χ3n) is 4.58. The minimum atomic E-state index is -0.189. The quantitative estimate of drug-likeness (QED) is 0.639. The summed E-state index contributed by atoms with van der Waals surface area (Å²) in [4.78, 5) is 23.6. The Labute approximate surface area is 153 Å². The lowest BCUT2D eigenvalue weighted by atomic mass is 9.95. The Bertz CT molecular complexity index is 738. The van der Waals surface area contributed by atoms with Crippen molar-refractivity contribution in [1.82, 2.24) is 24.8 Å². The maximum atomic E-state index is 12.3. The molecule has 1 saturated heterocycles. The zero-order valence-electron chi connectivity index (χ0n) is 14.6. The van der Waals surface area contributed by atoms with Crippen LogP contribution in [0.15, 0.2) is 4.79 Å². The van der Waals surface area contributed by atoms with Crippen LogP contribution in [-0.4, -0.2) is 39.2 Å². The summed E-state index contributed by atoms with van der Waals surface area (Å²) in [5.41, 5.74) is 6.80. The van der Waals surface area contributed by atoms with Crippen molar-refractivity contribution in [1.29, 1.82) is 0 Å². The van der Waals surface area contributed by atoms with E-state index in [9.17, 15) is 4.79 Å². The van der Waals surface area contributed by atoms with E-state index < -0.39 is 0 Å². The van der Waals surface area contributed by atoms with Crippen LogP contribution in [0.5, 0.6) is 6.01 Å². The van der Waals surface area contributed by atoms with Crippen molar-refractivity contribution in [2.75, 3.05) is 25.4 Å². The van der Waals surface area contributed by atoms with Crippen molar-refractivity contribution in [3.8, 4) is 6.01 Å². The van der Waals surface area contributed by atoms with Gasteiger partial charge in [-0.1, -0.05) is 13.3 Å². The lowest BCUT2D eigenvalue weighted by Gasteiger charge is -2.22. The van der Waals surface area contributed by atoms with Crippen LogP contribution >= 0.6 is 12.4 Å². The number of unbranched alkanes of at least 4 members (excludes halogenated alkanes) is 1. The van der Waals surface area contributed by atoms with Crippen LogP contribution in [0.25, 0.3) is 11.2 Å². The molecule has 1 fully saturated rings. The number of nitrogens with zero attached hydrogens (tertiary/aromatic N) is 3. The van der Waals surface area contributed by atoms with E-state index >= 15 is 0 Å². The normalized spacial score (nSPS) is 15.2. The zero-order chi connectivity index (χ0) is 16.9. The summed E-state index contributed by atoms with van der Waals surface area (Å²) in [6, 6.07) is 0.239. The van der Waals surface area contributed by atoms with Crippen LogP contribution < -0.4 is 21.5 Å². The molecule has 4 N–H and O–H groups in total. The summed E-state index contributed by atoms with van der Waals surface area (Å²) in [5, 5.41) is 3.36. The number of ether oxygens (including phenoxy) is 1. The monoisotopic (exact) mass is 370 g/mol. The highest BCUT2D eigenvalue weighted by Gasteiger charge is 2.17. The van der Waals surface area contributed by atoms with E-state index in [4.69, 9.17) is 10.5 Å². The molecule has 0 radical (unpaired) electrons. The zero-order valence-corrected chi connectivity index (χ0v) is 15.4. The molecular formula is C16H27ClN6O2. The third-order valence-corrected chi connectivity index (χ3v) is 4.58. The van der Waals surface area contributed by atoms with Gasteiger partial charge in [0.25, 0.3) is 0 Å². The lowest BCUT2D eigenvalue weighted by molar-refractivity contribution is 0.286. The average molecular weight is 371 g/mol. The number of fused-ring (bicyclic) bond motifs is 1. The molecule has 140 valence electrons. The Hall–Kier alpha value is -1.80. The molecule has 2 aromatic heterocycles. The van der Waals surface area contributed by atoms with Gasteiger partial charge in [0.2, 0.25) is 0 Å². The van der Waals surface area contributed by atoms with E-state index in [-0.39, 0.29) is 29.9 Å². The van der Waals surface area contributed by atoms with Crippen molar-refractivity contribution in [3.63, 3.8) is 0 Å². The highest BCUT2D eigenvalue weighted by molar-refractivity contribution is 5.85. The molecule has 0 amide bonds. The van der Waals surface area contributed by atoms with Gasteiger partial charge in [0.05, 0.1) is 6.61 Å². The fourth-order valence-corrected chi connectivity index (χ4v) is 3.09. The number of halogens is 1. The molecule has 0 aromatic carbocycles. The summed E-state index contributed by atoms with van der Waals surface area (Å²) < 4.78 is 7.21. The molecule has 0 aliphatic carbocycles. The first-order chi connectivity index (χ1) is 11.7. The highest BCUT2D eigenvalue weighted by atomic mass is 35.5. The average Bonchev–Trinajstić information content (AvgIpc) is 2.90. The first-order valence-corrected chi connectivity index (χ1v) is 8.78. The van der Waals surface area contributed by atoms with Crippen molar-refractivity contribution in [2.24, 2.45) is 5.92 Å². The molecule has 0 atom stereocenters. The molecule has 0 bridgehead atoms. The highest BCUT2D eigenvalue weighted by Crippen LogP contribution is 2.20. The number of H-pyrrole nitrogens is 1. The molecule has 0 saturated carbocycles. The number of hydrogen-bond donors (Lipinski definition) is 3. The van der Waals surface area contributed by atoms with E-state index in [0.717, 1.165) is 45.2 Å². The summed E-state index contributed by atoms with van der Waals surface area (Å²) >= 11 is 0. The number of aromatic nitrogens is 4. The number of hydrogen-bond acceptors (Lipinski definition) is 6. The Kier molecular flexibility index (Phi) is 7.07. The van der Waals surface area contributed by atoms with Gasteiger partial charge in [0.15, 0.2) is 11.5 Å². The fourth-order valence-electron chi connectivity index (χ4n) is 3.09. The van der Waals surface area contributed by atoms with Crippen molar-refractivity contribution in [2.45, 2.75) is 45.6 Å². The van der Waals surface area contributed by atoms with Crippen LogP contribution in [0, 0.1) is 5.92 Å². The van der Waals surface area contributed by atoms with E-state index in [1.807, 2.05) is 0 Å². The van der Waals surface area contributed by atoms with Crippen molar-refractivity contribution >= 4 is 29.4 Å². The van der Waals surface area contributed by atoms with Crippen molar-refractivity contribution in [3.05, 3.63) is 10.5 Å². The smallest absolute Gasteiger partial charge is 0.327 e. The molecule has 0 spiro atoms. The van der Waals surface area contributed by atoms with Gasteiger partial charge in [-0.2, -0.15) is 9.97 Å². The lowest BCUT2D eigenvalue weighted by Crippen LogP contribution is -2.29. The van der Waals surface area contributed by atoms with Gasteiger partial charge >= 0.3 is 11.7 Å². The number of piperidine rings is 1. The van der Waals surface area contributed by atoms with Gasteiger partial charge in [-0.15, -0.1) is 12.4 Å². The SMILES string of the molecule is CCCCOc1nc(N)c2[nH]c(=O)n(CCC3CCNCC3)c2n1.Cl. The summed E-state index contributed by atoms with van der Waals surface area (Å²) in [5.74, 6) is 0.895. The summed E-state index contributed by atoms with van der Waals surface area (Å²) in [6.45, 7) is 5.38. The Morgan fingerprint density at radius 1 is 1.32 bits per heavy atom. The molecule has 1 aliphatic heterocycles. The molecule has 9 heteroatoms. The van der Waals surface area contributed by atoms with Crippen LogP contribution in [0.1, 0.15) is 39.0 Å². The van der Waals surface area contributed by atoms with Gasteiger partial charge in [0, 0.05) is 6.54 Å². The Morgan fingerprint density at radius 2 is 2.08 bits per heavy atom. The number of aryl methyl sites for hydroxylation is 1. The second-order valence-electron chi connectivity index (χ2n) is 6.36. The molecule has 1 aliphatic rings. The first kappa shape index (κ1) is 19.5. The number of nitrogens with one attached hydrogen (secondary N) is 2. The standard InChI is InChI=1S/C16H26N6O2.ClH/c1-2-3-10-24-15-20-13(17)12-14(21-15)22(16(23)19-12)9-6-11-4-7-18-8-5-11;/h11,18H,2-10H2,1H3,(H,19,23)(H2,17,20,21);1H. The topological polar surface area (TPSA) is 111 Å². The second-order valence-corrected chi connectivity index (χ2v) is 6.36. The molecule has 2 aromatic rings. The molecule has 0 unspecified atom stereocenters. The van der Waals surface area contributed by atoms with Gasteiger partial charge < -0.3 is 20.8 Å². The van der Waals surface area contributed by atoms with Gasteiger partial charge in [0.1, 0.15) is 5.52 Å². The predicted molar refractivity (Wildman–Crippen MR) is 100 cm³/mol. The number of nitrogen functional groups attached to an aromatic ring is 1. The van der Waals surface area contributed by atoms with Crippen LogP contribution in [-0.2, 0) is 6.54 Å². The van der Waals surface area contributed by atoms with Gasteiger partial charge in [-0.05, 0) is 44.7 Å². The maximum absolute atomic E-state index is 12.3. The number of anilines is 1. The van der Waals surface area contributed by atoms with Gasteiger partial charge in [-0.3, -0.25) is 4.57 Å². The minimum absolute atomic E-state index is 0. The van der Waals surface area contributed by atoms with E-state index in [1.165, 1.54) is 0 Å². The van der Waals surface area contributed by atoms with E-state index in [2.05, 4.69) is 27.2 Å². The Balaban J connectivity index is 0.00000225. The second kappa shape index (κ2) is 9.05. The van der Waals surface area contributed by atoms with Crippen LogP contribution in [0.2, 0.25) is 0 Å². The maximum Gasteiger partial charge on any atom is 0.327 e. The van der Waals surface area contributed by atoms with E-state index in [0.29, 0.717) is 30.2 Å². The largest absolute Gasteiger partial charge is 0.463 e. The molecular weight excluding hydrogens is 344 g/mol. The Morgan fingerprint density at radius 3 is 2.80 bits per heavy atom. The summed E-state index contributed by atoms with van der Waals surface area (Å²) in [7, 11) is 0. The summed E-state index contributed by atoms with van der Waals surface area (Å²) in [6.07, 6.45) is 5.23. The first-order valence-electron chi connectivity index (χ1n) is 8.78. The number of aromatic amines is 1. The predicted octanol–water partition coefficient (Wildman–Crippen LogP) is 1.69. The molecule has 25 heavy (non-hydrogen) atoms. The van der Waals surface area contributed by atoms with Crippen molar-refractivity contribution < 1.29 is 4.74 Å². The third kappa shape index (κ3) is 4.64.